The van der Waals surface area contributed by atoms with Crippen LogP contribution in [0.3, 0.4) is 0 Å². The zero-order chi connectivity index (χ0) is 17.5. The molecule has 126 valence electrons. The third-order valence-corrected chi connectivity index (χ3v) is 4.95. The van der Waals surface area contributed by atoms with Gasteiger partial charge in [0, 0.05) is 29.1 Å². The first kappa shape index (κ1) is 15.0. The van der Waals surface area contributed by atoms with Crippen molar-refractivity contribution < 1.29 is 9.53 Å². The maximum absolute atomic E-state index is 12.1. The fourth-order valence-electron chi connectivity index (χ4n) is 3.73. The van der Waals surface area contributed by atoms with E-state index in [-0.39, 0.29) is 12.1 Å². The van der Waals surface area contributed by atoms with E-state index in [4.69, 9.17) is 9.73 Å². The molecule has 0 saturated carbocycles. The molecule has 4 nitrogen and oxygen atoms in total. The maximum atomic E-state index is 12.1. The second-order valence-electron chi connectivity index (χ2n) is 6.57. The van der Waals surface area contributed by atoms with Crippen molar-refractivity contribution in [3.8, 4) is 0 Å². The summed E-state index contributed by atoms with van der Waals surface area (Å²) in [6.07, 6.45) is 3.51. The van der Waals surface area contributed by atoms with Crippen LogP contribution in [0.1, 0.15) is 39.5 Å². The first-order valence-corrected chi connectivity index (χ1v) is 8.65. The summed E-state index contributed by atoms with van der Waals surface area (Å²) in [6, 6.07) is 18.1. The van der Waals surface area contributed by atoms with Gasteiger partial charge in [-0.15, -0.1) is 0 Å². The van der Waals surface area contributed by atoms with Crippen molar-refractivity contribution in [2.24, 2.45) is 4.99 Å². The normalized spacial score (nSPS) is 17.9. The van der Waals surface area contributed by atoms with Crippen molar-refractivity contribution in [3.05, 3.63) is 100 Å². The zero-order valence-electron chi connectivity index (χ0n) is 14.1. The first-order chi connectivity index (χ1) is 12.8. The summed E-state index contributed by atoms with van der Waals surface area (Å²) in [7, 11) is 0. The molecule has 1 aromatic heterocycles. The Morgan fingerprint density at radius 1 is 0.962 bits per heavy atom. The number of ether oxygens (including phenoxy) is 1. The van der Waals surface area contributed by atoms with Gasteiger partial charge in [0.25, 0.3) is 0 Å². The van der Waals surface area contributed by atoms with Gasteiger partial charge in [0.1, 0.15) is 0 Å². The van der Waals surface area contributed by atoms with Crippen LogP contribution in [0.15, 0.2) is 72.0 Å². The molecule has 0 amide bonds. The van der Waals surface area contributed by atoms with E-state index in [1.54, 1.807) is 12.4 Å². The first-order valence-electron chi connectivity index (χ1n) is 8.65. The van der Waals surface area contributed by atoms with Gasteiger partial charge in [0.15, 0.2) is 6.10 Å². The van der Waals surface area contributed by atoms with Gasteiger partial charge in [0.05, 0.1) is 18.7 Å². The summed E-state index contributed by atoms with van der Waals surface area (Å²) in [6.45, 7) is 0.644. The second kappa shape index (κ2) is 5.92. The molecule has 0 aliphatic carbocycles. The topological polar surface area (TPSA) is 51.5 Å². The summed E-state index contributed by atoms with van der Waals surface area (Å²) >= 11 is 0. The molecule has 0 bridgehead atoms. The standard InChI is InChI=1S/C22H16N2O2/c25-20-11-16-10-17-13-24-21(14-6-8-23-9-7-14)18(17)12-19(16)22(26-20)15-4-2-1-3-5-15/h1-10,12,22H,11,13H2. The number of pyridine rings is 1. The SMILES string of the molecule is O=C1Cc2cc3c(cc2C(c2ccccc2)O1)C(c1ccncc1)=NC3. The van der Waals surface area contributed by atoms with E-state index in [0.29, 0.717) is 13.0 Å². The van der Waals surface area contributed by atoms with E-state index >= 15 is 0 Å². The zero-order valence-corrected chi connectivity index (χ0v) is 14.1. The van der Waals surface area contributed by atoms with Gasteiger partial charge in [-0.1, -0.05) is 36.4 Å². The molecule has 0 radical (unpaired) electrons. The molecule has 1 unspecified atom stereocenters. The van der Waals surface area contributed by atoms with Gasteiger partial charge in [-0.3, -0.25) is 14.8 Å². The van der Waals surface area contributed by atoms with Crippen molar-refractivity contribution in [2.45, 2.75) is 19.1 Å². The number of fused-ring (bicyclic) bond motifs is 2. The molecule has 3 aromatic rings. The highest BCUT2D eigenvalue weighted by molar-refractivity contribution is 6.15. The minimum atomic E-state index is -0.364. The smallest absolute Gasteiger partial charge is 0.311 e. The van der Waals surface area contributed by atoms with Crippen molar-refractivity contribution >= 4 is 11.7 Å². The van der Waals surface area contributed by atoms with Crippen LogP contribution in [0.25, 0.3) is 0 Å². The van der Waals surface area contributed by atoms with E-state index in [1.165, 1.54) is 0 Å². The number of carbonyl (C=O) groups is 1. The minimum absolute atomic E-state index is 0.181. The Kier molecular flexibility index (Phi) is 3.42. The number of hydrogen-bond acceptors (Lipinski definition) is 4. The van der Waals surface area contributed by atoms with Gasteiger partial charge >= 0.3 is 5.97 Å². The van der Waals surface area contributed by atoms with Crippen LogP contribution in [-0.2, 0) is 22.5 Å². The number of esters is 1. The molecule has 4 heteroatoms. The molecule has 3 heterocycles. The number of aliphatic imine (C=N–C) groups is 1. The van der Waals surface area contributed by atoms with Crippen LogP contribution in [0.2, 0.25) is 0 Å². The minimum Gasteiger partial charge on any atom is -0.452 e. The number of rotatable bonds is 2. The summed E-state index contributed by atoms with van der Waals surface area (Å²) in [5.74, 6) is -0.181. The summed E-state index contributed by atoms with van der Waals surface area (Å²) in [5.41, 5.74) is 7.41. The average Bonchev–Trinajstić information content (AvgIpc) is 3.10. The molecule has 0 N–H and O–H groups in total. The number of benzene rings is 2. The van der Waals surface area contributed by atoms with Gasteiger partial charge < -0.3 is 4.74 Å². The van der Waals surface area contributed by atoms with Gasteiger partial charge in [0.2, 0.25) is 0 Å². The third kappa shape index (κ3) is 2.42. The summed E-state index contributed by atoms with van der Waals surface area (Å²) in [4.78, 5) is 21.0. The number of aromatic nitrogens is 1. The third-order valence-electron chi connectivity index (χ3n) is 4.95. The maximum Gasteiger partial charge on any atom is 0.311 e. The van der Waals surface area contributed by atoms with Crippen LogP contribution in [-0.4, -0.2) is 16.7 Å². The summed E-state index contributed by atoms with van der Waals surface area (Å²) in [5, 5.41) is 0. The Bertz CT molecular complexity index is 1030. The molecule has 26 heavy (non-hydrogen) atoms. The Labute approximate surface area is 151 Å². The predicted octanol–water partition coefficient (Wildman–Crippen LogP) is 3.62. The lowest BCUT2D eigenvalue weighted by atomic mass is 9.87. The fraction of sp³-hybridized carbons (Fsp3) is 0.136. The molecule has 0 spiro atoms. The predicted molar refractivity (Wildman–Crippen MR) is 98.1 cm³/mol. The Hall–Kier alpha value is -3.27. The van der Waals surface area contributed by atoms with Crippen molar-refractivity contribution in [2.75, 3.05) is 0 Å². The number of nitrogens with zero attached hydrogens (tertiary/aromatic N) is 2. The molecule has 0 saturated heterocycles. The average molecular weight is 340 g/mol. The van der Waals surface area contributed by atoms with Gasteiger partial charge in [-0.25, -0.2) is 0 Å². The Morgan fingerprint density at radius 2 is 1.77 bits per heavy atom. The van der Waals surface area contributed by atoms with Crippen molar-refractivity contribution in [3.63, 3.8) is 0 Å². The lowest BCUT2D eigenvalue weighted by Crippen LogP contribution is -2.23. The highest BCUT2D eigenvalue weighted by atomic mass is 16.5. The second-order valence-corrected chi connectivity index (χ2v) is 6.57. The van der Waals surface area contributed by atoms with E-state index in [1.807, 2.05) is 42.5 Å². The van der Waals surface area contributed by atoms with Crippen molar-refractivity contribution in [1.29, 1.82) is 0 Å². The molecule has 0 fully saturated rings. The van der Waals surface area contributed by atoms with Crippen LogP contribution < -0.4 is 0 Å². The molecule has 2 aliphatic rings. The van der Waals surface area contributed by atoms with Crippen LogP contribution in [0, 0.1) is 0 Å². The quantitative estimate of drug-likeness (QED) is 0.670. The van der Waals surface area contributed by atoms with E-state index in [9.17, 15) is 4.79 Å². The van der Waals surface area contributed by atoms with Gasteiger partial charge in [-0.2, -0.15) is 0 Å². The number of hydrogen-bond donors (Lipinski definition) is 0. The number of cyclic esters (lactones) is 1. The van der Waals surface area contributed by atoms with Crippen LogP contribution in [0.4, 0.5) is 0 Å². The molecule has 5 rings (SSSR count). The Balaban J connectivity index is 1.64. The molecule has 2 aromatic carbocycles. The fourth-order valence-corrected chi connectivity index (χ4v) is 3.73. The monoisotopic (exact) mass is 340 g/mol. The van der Waals surface area contributed by atoms with E-state index in [2.05, 4.69) is 17.1 Å². The van der Waals surface area contributed by atoms with E-state index < -0.39 is 0 Å². The molecular formula is C22H16N2O2. The van der Waals surface area contributed by atoms with Crippen molar-refractivity contribution in [1.82, 2.24) is 4.98 Å². The lowest BCUT2D eigenvalue weighted by molar-refractivity contribution is -0.148. The summed E-state index contributed by atoms with van der Waals surface area (Å²) < 4.78 is 5.71. The van der Waals surface area contributed by atoms with Crippen LogP contribution in [0.5, 0.6) is 0 Å². The highest BCUT2D eigenvalue weighted by Gasteiger charge is 2.31. The molecule has 1 atom stereocenters. The molecular weight excluding hydrogens is 324 g/mol. The number of carbonyl (C=O) groups excluding carboxylic acids is 1. The van der Waals surface area contributed by atoms with E-state index in [0.717, 1.165) is 39.1 Å². The van der Waals surface area contributed by atoms with Crippen LogP contribution >= 0.6 is 0 Å². The Morgan fingerprint density at radius 3 is 2.58 bits per heavy atom. The largest absolute Gasteiger partial charge is 0.452 e. The highest BCUT2D eigenvalue weighted by Crippen LogP contribution is 2.37. The molecule has 2 aliphatic heterocycles. The lowest BCUT2D eigenvalue weighted by Gasteiger charge is -2.27. The van der Waals surface area contributed by atoms with Gasteiger partial charge in [-0.05, 0) is 34.9 Å².